The number of phenolic OH excluding ortho intramolecular Hbond substituents is 1. The number of benzene rings is 2. The summed E-state index contributed by atoms with van der Waals surface area (Å²) in [5.41, 5.74) is 9.07. The fourth-order valence-corrected chi connectivity index (χ4v) is 4.85. The Morgan fingerprint density at radius 3 is 2.18 bits per heavy atom. The predicted octanol–water partition coefficient (Wildman–Crippen LogP) is 1.15. The lowest BCUT2D eigenvalue weighted by Crippen LogP contribution is -2.58. The van der Waals surface area contributed by atoms with Crippen molar-refractivity contribution in [2.75, 3.05) is 0 Å². The van der Waals surface area contributed by atoms with E-state index in [9.17, 15) is 29.4 Å². The van der Waals surface area contributed by atoms with Gasteiger partial charge < -0.3 is 41.9 Å². The van der Waals surface area contributed by atoms with Crippen LogP contribution in [0.25, 0.3) is 10.9 Å². The number of aromatic amines is 2. The number of fused-ring (bicyclic) bond motifs is 1. The first-order valence-corrected chi connectivity index (χ1v) is 14.2. The number of hydrogen-bond acceptors (Lipinski definition) is 7. The molecule has 2 aromatic carbocycles. The SMILES string of the molecule is CC(C)C(NC(=O)C(Cc1cnc[nH]1)NC(=O)C(Cc1c[nH]c2ccccc12)NC(=O)C(N)Cc1ccc(O)cc1)C(=O)O. The molecule has 4 aromatic rings. The Bertz CT molecular complexity index is 1580. The zero-order valence-corrected chi connectivity index (χ0v) is 24.4. The maximum Gasteiger partial charge on any atom is 0.326 e. The van der Waals surface area contributed by atoms with Crippen molar-refractivity contribution in [1.82, 2.24) is 30.9 Å². The minimum absolute atomic E-state index is 0.00384. The highest BCUT2D eigenvalue weighted by atomic mass is 16.4. The van der Waals surface area contributed by atoms with Crippen molar-refractivity contribution in [2.45, 2.75) is 57.3 Å². The van der Waals surface area contributed by atoms with E-state index in [1.54, 1.807) is 32.2 Å². The first-order chi connectivity index (χ1) is 21.0. The van der Waals surface area contributed by atoms with E-state index in [1.807, 2.05) is 24.3 Å². The topological polar surface area (TPSA) is 215 Å². The number of carbonyl (C=O) groups is 4. The van der Waals surface area contributed by atoms with Crippen molar-refractivity contribution in [3.05, 3.63) is 84.1 Å². The second-order valence-electron chi connectivity index (χ2n) is 11.0. The molecule has 0 fully saturated rings. The summed E-state index contributed by atoms with van der Waals surface area (Å²) in [5, 5.41) is 28.0. The van der Waals surface area contributed by atoms with Gasteiger partial charge in [-0.1, -0.05) is 44.2 Å². The summed E-state index contributed by atoms with van der Waals surface area (Å²) in [6.07, 6.45) is 4.91. The van der Waals surface area contributed by atoms with Gasteiger partial charge in [0.05, 0.1) is 12.4 Å². The fraction of sp³-hybridized carbons (Fsp3) is 0.323. The summed E-state index contributed by atoms with van der Waals surface area (Å²) < 4.78 is 0. The number of carbonyl (C=O) groups excluding carboxylic acids is 3. The van der Waals surface area contributed by atoms with E-state index in [4.69, 9.17) is 5.73 Å². The maximum atomic E-state index is 13.8. The van der Waals surface area contributed by atoms with E-state index in [-0.39, 0.29) is 25.0 Å². The molecule has 9 N–H and O–H groups in total. The second kappa shape index (κ2) is 14.3. The summed E-state index contributed by atoms with van der Waals surface area (Å²) in [6, 6.07) is 9.29. The first-order valence-electron chi connectivity index (χ1n) is 14.2. The number of amides is 3. The molecule has 0 aliphatic rings. The zero-order valence-electron chi connectivity index (χ0n) is 24.4. The van der Waals surface area contributed by atoms with Crippen LogP contribution in [0.1, 0.15) is 30.7 Å². The highest BCUT2D eigenvalue weighted by molar-refractivity contribution is 5.95. The minimum atomic E-state index is -1.20. The number of nitrogens with zero attached hydrogens (tertiary/aromatic N) is 1. The Balaban J connectivity index is 1.57. The summed E-state index contributed by atoms with van der Waals surface area (Å²) in [4.78, 5) is 62.2. The highest BCUT2D eigenvalue weighted by Crippen LogP contribution is 2.20. The minimum Gasteiger partial charge on any atom is -0.508 e. The number of nitrogens with two attached hydrogens (primary N) is 1. The van der Waals surface area contributed by atoms with Crippen molar-refractivity contribution >= 4 is 34.6 Å². The van der Waals surface area contributed by atoms with Crippen LogP contribution in [-0.4, -0.2) is 73.0 Å². The van der Waals surface area contributed by atoms with Crippen molar-refractivity contribution in [3.8, 4) is 5.75 Å². The van der Waals surface area contributed by atoms with Gasteiger partial charge in [0.25, 0.3) is 0 Å². The average molecular weight is 604 g/mol. The molecule has 13 heteroatoms. The Hall–Kier alpha value is -5.17. The van der Waals surface area contributed by atoms with Gasteiger partial charge in [-0.25, -0.2) is 9.78 Å². The fourth-order valence-electron chi connectivity index (χ4n) is 4.85. The molecular weight excluding hydrogens is 566 g/mol. The van der Waals surface area contributed by atoms with Crippen molar-refractivity contribution in [3.63, 3.8) is 0 Å². The molecule has 3 amide bonds. The van der Waals surface area contributed by atoms with Gasteiger partial charge in [0.1, 0.15) is 23.9 Å². The number of carboxylic acid groups (broad SMARTS) is 1. The lowest BCUT2D eigenvalue weighted by Gasteiger charge is -2.26. The Labute approximate surface area is 253 Å². The summed E-state index contributed by atoms with van der Waals surface area (Å²) >= 11 is 0. The third kappa shape index (κ3) is 8.22. The Kier molecular flexibility index (Phi) is 10.3. The van der Waals surface area contributed by atoms with Gasteiger partial charge in [-0.2, -0.15) is 0 Å². The van der Waals surface area contributed by atoms with E-state index in [2.05, 4.69) is 30.9 Å². The first kappa shape index (κ1) is 31.8. The van der Waals surface area contributed by atoms with E-state index in [0.717, 1.165) is 22.0 Å². The smallest absolute Gasteiger partial charge is 0.326 e. The number of aliphatic carboxylic acids is 1. The molecule has 2 aromatic heterocycles. The van der Waals surface area contributed by atoms with E-state index in [0.29, 0.717) is 5.69 Å². The van der Waals surface area contributed by atoms with Crippen LogP contribution in [0.15, 0.2) is 67.3 Å². The standard InChI is InChI=1S/C31H37N7O6/c1-17(2)27(31(43)44)38-30(42)26(13-20-15-33-16-35-20)37-29(41)25(12-19-14-34-24-6-4-3-5-22(19)24)36-28(40)23(32)11-18-7-9-21(39)10-8-18/h3-10,14-17,23,25-27,34,39H,11-13,32H2,1-2H3,(H,33,35)(H,36,40)(H,37,41)(H,38,42)(H,43,44). The number of carboxylic acids is 1. The van der Waals surface area contributed by atoms with Gasteiger partial charge in [-0.15, -0.1) is 0 Å². The average Bonchev–Trinajstić information content (AvgIpc) is 3.66. The molecule has 4 rings (SSSR count). The number of H-pyrrole nitrogens is 2. The van der Waals surface area contributed by atoms with Crippen molar-refractivity contribution in [1.29, 1.82) is 0 Å². The number of hydrogen-bond donors (Lipinski definition) is 8. The molecule has 0 saturated heterocycles. The molecule has 4 unspecified atom stereocenters. The summed E-state index contributed by atoms with van der Waals surface area (Å²) in [7, 11) is 0. The normalized spacial score (nSPS) is 14.0. The van der Waals surface area contributed by atoms with Gasteiger partial charge in [0.15, 0.2) is 0 Å². The van der Waals surface area contributed by atoms with Crippen LogP contribution in [0.3, 0.4) is 0 Å². The van der Waals surface area contributed by atoms with Crippen molar-refractivity contribution < 1.29 is 29.4 Å². The van der Waals surface area contributed by atoms with Crippen molar-refractivity contribution in [2.24, 2.45) is 11.7 Å². The number of nitrogens with one attached hydrogen (secondary N) is 5. The maximum absolute atomic E-state index is 13.8. The molecule has 0 radical (unpaired) electrons. The van der Waals surface area contributed by atoms with Crippen LogP contribution in [0.2, 0.25) is 0 Å². The van der Waals surface area contributed by atoms with E-state index < -0.39 is 53.8 Å². The third-order valence-corrected chi connectivity index (χ3v) is 7.30. The second-order valence-corrected chi connectivity index (χ2v) is 11.0. The lowest BCUT2D eigenvalue weighted by atomic mass is 10.0. The van der Waals surface area contributed by atoms with Crippen LogP contribution < -0.4 is 21.7 Å². The molecular formula is C31H37N7O6. The molecule has 44 heavy (non-hydrogen) atoms. The molecule has 0 saturated carbocycles. The van der Waals surface area contributed by atoms with Gasteiger partial charge in [-0.05, 0) is 41.7 Å². The summed E-state index contributed by atoms with van der Waals surface area (Å²) in [6.45, 7) is 3.32. The van der Waals surface area contributed by atoms with Crippen LogP contribution in [0.5, 0.6) is 5.75 Å². The molecule has 0 aliphatic heterocycles. The third-order valence-electron chi connectivity index (χ3n) is 7.30. The monoisotopic (exact) mass is 603 g/mol. The van der Waals surface area contributed by atoms with Crippen LogP contribution in [0, 0.1) is 5.92 Å². The van der Waals surface area contributed by atoms with Gasteiger partial charge >= 0.3 is 5.97 Å². The zero-order chi connectivity index (χ0) is 31.8. The number of imidazole rings is 1. The van der Waals surface area contributed by atoms with Crippen LogP contribution in [0.4, 0.5) is 0 Å². The largest absolute Gasteiger partial charge is 0.508 e. The Morgan fingerprint density at radius 2 is 1.52 bits per heavy atom. The Morgan fingerprint density at radius 1 is 0.864 bits per heavy atom. The van der Waals surface area contributed by atoms with Crippen LogP contribution >= 0.6 is 0 Å². The lowest BCUT2D eigenvalue weighted by molar-refractivity contribution is -0.143. The highest BCUT2D eigenvalue weighted by Gasteiger charge is 2.32. The molecule has 232 valence electrons. The molecule has 0 aliphatic carbocycles. The van der Waals surface area contributed by atoms with Gasteiger partial charge in [-0.3, -0.25) is 14.4 Å². The number of aromatic hydroxyl groups is 1. The molecule has 2 heterocycles. The molecule has 0 spiro atoms. The quantitative estimate of drug-likeness (QED) is 0.104. The van der Waals surface area contributed by atoms with E-state index >= 15 is 0 Å². The number of aromatic nitrogens is 3. The van der Waals surface area contributed by atoms with Gasteiger partial charge in [0.2, 0.25) is 17.7 Å². The molecule has 0 bridgehead atoms. The van der Waals surface area contributed by atoms with Gasteiger partial charge in [0, 0.05) is 41.8 Å². The van der Waals surface area contributed by atoms with Crippen LogP contribution in [-0.2, 0) is 38.4 Å². The summed E-state index contributed by atoms with van der Waals surface area (Å²) in [5.74, 6) is -3.47. The number of rotatable bonds is 14. The van der Waals surface area contributed by atoms with E-state index in [1.165, 1.54) is 24.7 Å². The number of para-hydroxylation sites is 1. The predicted molar refractivity (Wildman–Crippen MR) is 162 cm³/mol. The number of phenols is 1. The molecule has 4 atom stereocenters. The molecule has 13 nitrogen and oxygen atoms in total.